The summed E-state index contributed by atoms with van der Waals surface area (Å²) in [5, 5.41) is 6.82. The Bertz CT molecular complexity index is 2810. The molecular weight excluding hydrogens is 609 g/mol. The zero-order chi connectivity index (χ0) is 31.8. The van der Waals surface area contributed by atoms with Crippen molar-refractivity contribution in [3.63, 3.8) is 0 Å². The number of anilines is 1. The van der Waals surface area contributed by atoms with Crippen molar-refractivity contribution < 1.29 is 9.15 Å². The van der Waals surface area contributed by atoms with E-state index in [1.807, 2.05) is 53.8 Å². The zero-order valence-electron chi connectivity index (χ0n) is 25.8. The molecule has 7 aromatic carbocycles. The van der Waals surface area contributed by atoms with E-state index >= 15 is 0 Å². The van der Waals surface area contributed by atoms with E-state index in [1.54, 1.807) is 0 Å². The number of benzene rings is 7. The Labute approximate surface area is 279 Å². The third-order valence-electron chi connectivity index (χ3n) is 9.53. The molecule has 0 bridgehead atoms. The third kappa shape index (κ3) is 3.95. The Morgan fingerprint density at radius 1 is 0.604 bits per heavy atom. The van der Waals surface area contributed by atoms with Gasteiger partial charge in [0.2, 0.25) is 0 Å². The van der Waals surface area contributed by atoms with E-state index < -0.39 is 0 Å². The molecule has 5 heteroatoms. The van der Waals surface area contributed by atoms with Crippen LogP contribution >= 0.6 is 11.3 Å². The molecular formula is C43H28N2O2S. The highest BCUT2D eigenvalue weighted by Crippen LogP contribution is 2.46. The number of thiophene rings is 1. The molecule has 0 aliphatic carbocycles. The second-order valence-corrected chi connectivity index (χ2v) is 13.3. The Morgan fingerprint density at radius 2 is 1.25 bits per heavy atom. The van der Waals surface area contributed by atoms with Crippen LogP contribution in [0.2, 0.25) is 0 Å². The molecule has 0 spiro atoms. The molecule has 2 N–H and O–H groups in total. The fourth-order valence-electron chi connectivity index (χ4n) is 7.38. The molecule has 0 amide bonds. The SMILES string of the molecule is Nc1c(-c2ccccc2)cc2oc3ccccc3c2c1OCc1ccc(-n2c3ccccc3c3ccccc32)c2sc3ccccc3c12. The van der Waals surface area contributed by atoms with E-state index in [2.05, 4.69) is 108 Å². The molecule has 3 aromatic heterocycles. The van der Waals surface area contributed by atoms with Crippen LogP contribution in [0.5, 0.6) is 5.75 Å². The summed E-state index contributed by atoms with van der Waals surface area (Å²) >= 11 is 1.83. The molecule has 4 nitrogen and oxygen atoms in total. The van der Waals surface area contributed by atoms with Gasteiger partial charge in [-0.15, -0.1) is 11.3 Å². The van der Waals surface area contributed by atoms with Gasteiger partial charge in [0.05, 0.1) is 32.5 Å². The maximum Gasteiger partial charge on any atom is 0.155 e. The van der Waals surface area contributed by atoms with Crippen molar-refractivity contribution in [2.75, 3.05) is 5.73 Å². The smallest absolute Gasteiger partial charge is 0.155 e. The summed E-state index contributed by atoms with van der Waals surface area (Å²) in [6.07, 6.45) is 0. The molecule has 0 atom stereocenters. The summed E-state index contributed by atoms with van der Waals surface area (Å²) in [6.45, 7) is 0.349. The van der Waals surface area contributed by atoms with Crippen LogP contribution in [0.1, 0.15) is 5.56 Å². The Kier molecular flexibility index (Phi) is 5.92. The molecule has 0 unspecified atom stereocenters. The van der Waals surface area contributed by atoms with Crippen molar-refractivity contribution in [1.29, 1.82) is 0 Å². The highest BCUT2D eigenvalue weighted by atomic mass is 32.1. The number of furan rings is 1. The van der Waals surface area contributed by atoms with Crippen LogP contribution in [0.25, 0.3) is 80.7 Å². The van der Waals surface area contributed by atoms with Crippen LogP contribution in [-0.4, -0.2) is 4.57 Å². The quantitative estimate of drug-likeness (QED) is 0.191. The Morgan fingerprint density at radius 3 is 2.02 bits per heavy atom. The highest BCUT2D eigenvalue weighted by Gasteiger charge is 2.22. The van der Waals surface area contributed by atoms with Crippen LogP contribution in [-0.2, 0) is 6.61 Å². The van der Waals surface area contributed by atoms with Gasteiger partial charge in [-0.1, -0.05) is 109 Å². The Balaban J connectivity index is 1.18. The van der Waals surface area contributed by atoms with Crippen molar-refractivity contribution in [2.24, 2.45) is 0 Å². The predicted octanol–water partition coefficient (Wildman–Crippen LogP) is 11.9. The summed E-state index contributed by atoms with van der Waals surface area (Å²) in [6, 6.07) is 50.8. The van der Waals surface area contributed by atoms with E-state index in [0.29, 0.717) is 18.0 Å². The molecule has 0 saturated heterocycles. The van der Waals surface area contributed by atoms with Gasteiger partial charge >= 0.3 is 0 Å². The minimum atomic E-state index is 0.349. The van der Waals surface area contributed by atoms with Crippen LogP contribution in [0.15, 0.2) is 150 Å². The minimum Gasteiger partial charge on any atom is -0.486 e. The van der Waals surface area contributed by atoms with E-state index in [1.165, 1.54) is 47.7 Å². The third-order valence-corrected chi connectivity index (χ3v) is 10.7. The minimum absolute atomic E-state index is 0.349. The van der Waals surface area contributed by atoms with Crippen LogP contribution in [0.3, 0.4) is 0 Å². The van der Waals surface area contributed by atoms with Crippen LogP contribution in [0, 0.1) is 0 Å². The van der Waals surface area contributed by atoms with Gasteiger partial charge in [0.25, 0.3) is 0 Å². The molecule has 0 fully saturated rings. The highest BCUT2D eigenvalue weighted by molar-refractivity contribution is 7.26. The van der Waals surface area contributed by atoms with E-state index in [4.69, 9.17) is 14.9 Å². The standard InChI is InChI=1S/C43H28N2O2S/c44-41-32(26-12-2-1-3-13-26)24-37-40(30-16-6-10-20-36(30)47-37)42(41)46-25-27-22-23-35(43-39(27)31-17-7-11-21-38(31)48-43)45-33-18-8-4-14-28(33)29-15-5-9-19-34(29)45/h1-24H,25,44H2. The number of fused-ring (bicyclic) bond motifs is 9. The summed E-state index contributed by atoms with van der Waals surface area (Å²) < 4.78 is 18.1. The lowest BCUT2D eigenvalue weighted by Gasteiger charge is -2.16. The normalized spacial score (nSPS) is 11.9. The molecule has 3 heterocycles. The first-order chi connectivity index (χ1) is 23.7. The number of hydrogen-bond acceptors (Lipinski definition) is 4. The number of aromatic nitrogens is 1. The number of ether oxygens (including phenoxy) is 1. The molecule has 0 aliphatic heterocycles. The predicted molar refractivity (Wildman–Crippen MR) is 202 cm³/mol. The van der Waals surface area contributed by atoms with Gasteiger partial charge in [-0.3, -0.25) is 0 Å². The molecule has 48 heavy (non-hydrogen) atoms. The van der Waals surface area contributed by atoms with E-state index in [9.17, 15) is 0 Å². The summed E-state index contributed by atoms with van der Waals surface area (Å²) in [7, 11) is 0. The topological polar surface area (TPSA) is 53.3 Å². The Hall–Kier alpha value is -6.04. The number of rotatable bonds is 5. The lowest BCUT2D eigenvalue weighted by atomic mass is 10.00. The fraction of sp³-hybridized carbons (Fsp3) is 0.0233. The van der Waals surface area contributed by atoms with Crippen molar-refractivity contribution in [1.82, 2.24) is 4.57 Å². The molecule has 10 aromatic rings. The second-order valence-electron chi connectivity index (χ2n) is 12.2. The van der Waals surface area contributed by atoms with Crippen LogP contribution in [0.4, 0.5) is 5.69 Å². The first kappa shape index (κ1) is 27.1. The number of nitrogen functional groups attached to an aromatic ring is 1. The average molecular weight is 637 g/mol. The summed E-state index contributed by atoms with van der Waals surface area (Å²) in [4.78, 5) is 0. The van der Waals surface area contributed by atoms with Gasteiger partial charge < -0.3 is 19.5 Å². The van der Waals surface area contributed by atoms with Crippen LogP contribution < -0.4 is 10.5 Å². The number of nitrogens with zero attached hydrogens (tertiary/aromatic N) is 1. The van der Waals surface area contributed by atoms with Gasteiger partial charge in [0.15, 0.2) is 5.75 Å². The number of para-hydroxylation sites is 3. The summed E-state index contributed by atoms with van der Waals surface area (Å²) in [5.41, 5.74) is 15.8. The van der Waals surface area contributed by atoms with Gasteiger partial charge in [-0.2, -0.15) is 0 Å². The largest absolute Gasteiger partial charge is 0.486 e. The lowest BCUT2D eigenvalue weighted by Crippen LogP contribution is -2.02. The van der Waals surface area contributed by atoms with E-state index in [0.717, 1.165) is 38.6 Å². The van der Waals surface area contributed by atoms with Crippen molar-refractivity contribution in [3.05, 3.63) is 151 Å². The molecule has 10 rings (SSSR count). The van der Waals surface area contributed by atoms with Crippen molar-refractivity contribution in [3.8, 4) is 22.6 Å². The van der Waals surface area contributed by atoms with Gasteiger partial charge in [-0.25, -0.2) is 0 Å². The fourth-order valence-corrected chi connectivity index (χ4v) is 8.64. The maximum absolute atomic E-state index is 7.01. The first-order valence-electron chi connectivity index (χ1n) is 16.1. The maximum atomic E-state index is 7.01. The number of hydrogen-bond donors (Lipinski definition) is 1. The van der Waals surface area contributed by atoms with Crippen molar-refractivity contribution >= 4 is 80.9 Å². The first-order valence-corrected chi connectivity index (χ1v) is 16.9. The van der Waals surface area contributed by atoms with Gasteiger partial charge in [-0.05, 0) is 47.5 Å². The molecule has 228 valence electrons. The summed E-state index contributed by atoms with van der Waals surface area (Å²) in [5.74, 6) is 0.649. The second kappa shape index (κ2) is 10.5. The number of nitrogens with two attached hydrogens (primary N) is 1. The molecule has 0 radical (unpaired) electrons. The lowest BCUT2D eigenvalue weighted by molar-refractivity contribution is 0.313. The molecule has 0 saturated carbocycles. The average Bonchev–Trinajstić information content (AvgIpc) is 3.82. The van der Waals surface area contributed by atoms with Crippen molar-refractivity contribution in [2.45, 2.75) is 6.61 Å². The van der Waals surface area contributed by atoms with E-state index in [-0.39, 0.29) is 0 Å². The van der Waals surface area contributed by atoms with Gasteiger partial charge in [0.1, 0.15) is 17.8 Å². The monoisotopic (exact) mass is 636 g/mol. The zero-order valence-corrected chi connectivity index (χ0v) is 26.6. The van der Waals surface area contributed by atoms with Gasteiger partial charge in [0, 0.05) is 37.2 Å². The molecule has 0 aliphatic rings.